The lowest BCUT2D eigenvalue weighted by Gasteiger charge is -2.36. The summed E-state index contributed by atoms with van der Waals surface area (Å²) in [5.74, 6) is -0.997. The van der Waals surface area contributed by atoms with Gasteiger partial charge in [0.1, 0.15) is 11.9 Å². The number of rotatable bonds is 3. The van der Waals surface area contributed by atoms with E-state index in [9.17, 15) is 14.0 Å². The Kier molecular flexibility index (Phi) is 4.34. The van der Waals surface area contributed by atoms with Gasteiger partial charge in [-0.05, 0) is 20.2 Å². The maximum absolute atomic E-state index is 13.9. The molecule has 0 saturated carbocycles. The molecule has 2 amide bonds. The number of nitrogens with one attached hydrogen (secondary N) is 1. The van der Waals surface area contributed by atoms with Gasteiger partial charge in [-0.1, -0.05) is 18.2 Å². The fourth-order valence-electron chi connectivity index (χ4n) is 2.30. The molecule has 2 rings (SSSR count). The van der Waals surface area contributed by atoms with Gasteiger partial charge in [-0.3, -0.25) is 9.59 Å². The average molecular weight is 279 g/mol. The molecule has 1 aliphatic rings. The number of amides is 2. The SMILES string of the molecule is CN(C)CC(=O)N1CCNC(=O)C1c1ccccc1F. The molecule has 0 bridgehead atoms. The van der Waals surface area contributed by atoms with Gasteiger partial charge in [0.05, 0.1) is 6.54 Å². The second-order valence-corrected chi connectivity index (χ2v) is 5.04. The van der Waals surface area contributed by atoms with Crippen molar-refractivity contribution in [3.63, 3.8) is 0 Å². The monoisotopic (exact) mass is 279 g/mol. The van der Waals surface area contributed by atoms with Crippen LogP contribution in [-0.4, -0.2) is 55.3 Å². The first-order valence-electron chi connectivity index (χ1n) is 6.47. The fourth-order valence-corrected chi connectivity index (χ4v) is 2.30. The smallest absolute Gasteiger partial charge is 0.247 e. The molecule has 0 spiro atoms. The molecule has 5 nitrogen and oxygen atoms in total. The summed E-state index contributed by atoms with van der Waals surface area (Å²) < 4.78 is 13.9. The largest absolute Gasteiger partial charge is 0.352 e. The molecule has 1 unspecified atom stereocenters. The minimum atomic E-state index is -0.891. The number of halogens is 1. The standard InChI is InChI=1S/C14H18FN3O2/c1-17(2)9-12(19)18-8-7-16-14(20)13(18)10-5-3-4-6-11(10)15/h3-6,13H,7-9H2,1-2H3,(H,16,20). The molecule has 1 atom stereocenters. The highest BCUT2D eigenvalue weighted by Gasteiger charge is 2.35. The zero-order valence-corrected chi connectivity index (χ0v) is 11.6. The Labute approximate surface area is 117 Å². The number of likely N-dealkylation sites (N-methyl/N-ethyl adjacent to an activating group) is 1. The Bertz CT molecular complexity index is 519. The second kappa shape index (κ2) is 6.00. The van der Waals surface area contributed by atoms with E-state index < -0.39 is 11.9 Å². The topological polar surface area (TPSA) is 52.7 Å². The van der Waals surface area contributed by atoms with E-state index >= 15 is 0 Å². The molecule has 108 valence electrons. The Morgan fingerprint density at radius 2 is 2.15 bits per heavy atom. The number of carbonyl (C=O) groups excluding carboxylic acids is 2. The van der Waals surface area contributed by atoms with Crippen molar-refractivity contribution in [1.82, 2.24) is 15.1 Å². The fraction of sp³-hybridized carbons (Fsp3) is 0.429. The molecule has 6 heteroatoms. The van der Waals surface area contributed by atoms with Crippen molar-refractivity contribution >= 4 is 11.8 Å². The van der Waals surface area contributed by atoms with Gasteiger partial charge >= 0.3 is 0 Å². The van der Waals surface area contributed by atoms with E-state index in [0.717, 1.165) is 0 Å². The number of nitrogens with zero attached hydrogens (tertiary/aromatic N) is 2. The first-order valence-corrected chi connectivity index (χ1v) is 6.47. The van der Waals surface area contributed by atoms with E-state index in [4.69, 9.17) is 0 Å². The Morgan fingerprint density at radius 1 is 1.45 bits per heavy atom. The molecule has 1 aromatic carbocycles. The van der Waals surface area contributed by atoms with Gasteiger partial charge < -0.3 is 15.1 Å². The lowest BCUT2D eigenvalue weighted by atomic mass is 10.0. The molecular weight excluding hydrogens is 261 g/mol. The maximum Gasteiger partial charge on any atom is 0.247 e. The molecule has 1 aliphatic heterocycles. The molecule has 0 radical (unpaired) electrons. The average Bonchev–Trinajstić information content (AvgIpc) is 2.39. The van der Waals surface area contributed by atoms with Crippen LogP contribution in [0.25, 0.3) is 0 Å². The molecular formula is C14H18FN3O2. The minimum absolute atomic E-state index is 0.182. The third kappa shape index (κ3) is 2.96. The van der Waals surface area contributed by atoms with Crippen LogP contribution in [0.2, 0.25) is 0 Å². The third-order valence-corrected chi connectivity index (χ3v) is 3.18. The van der Waals surface area contributed by atoms with Crippen LogP contribution in [0.5, 0.6) is 0 Å². The van der Waals surface area contributed by atoms with E-state index in [2.05, 4.69) is 5.32 Å². The van der Waals surface area contributed by atoms with Gasteiger partial charge in [0.2, 0.25) is 11.8 Å². The predicted octanol–water partition coefficient (Wildman–Crippen LogP) is 0.387. The zero-order chi connectivity index (χ0) is 14.7. The molecule has 1 N–H and O–H groups in total. The highest BCUT2D eigenvalue weighted by Crippen LogP contribution is 2.25. The summed E-state index contributed by atoms with van der Waals surface area (Å²) in [6.07, 6.45) is 0. The summed E-state index contributed by atoms with van der Waals surface area (Å²) in [4.78, 5) is 27.5. The van der Waals surface area contributed by atoms with Gasteiger partial charge in [0.15, 0.2) is 0 Å². The van der Waals surface area contributed by atoms with Crippen molar-refractivity contribution in [2.45, 2.75) is 6.04 Å². The van der Waals surface area contributed by atoms with E-state index in [-0.39, 0.29) is 23.9 Å². The van der Waals surface area contributed by atoms with Gasteiger partial charge in [-0.25, -0.2) is 4.39 Å². The van der Waals surface area contributed by atoms with Crippen LogP contribution >= 0.6 is 0 Å². The lowest BCUT2D eigenvalue weighted by Crippen LogP contribution is -2.54. The Morgan fingerprint density at radius 3 is 2.80 bits per heavy atom. The van der Waals surface area contributed by atoms with Crippen molar-refractivity contribution in [3.05, 3.63) is 35.6 Å². The minimum Gasteiger partial charge on any atom is -0.352 e. The van der Waals surface area contributed by atoms with Gasteiger partial charge in [-0.2, -0.15) is 0 Å². The van der Waals surface area contributed by atoms with E-state index in [1.165, 1.54) is 11.0 Å². The Balaban J connectivity index is 2.32. The van der Waals surface area contributed by atoms with Crippen LogP contribution in [0.1, 0.15) is 11.6 Å². The summed E-state index contributed by atoms with van der Waals surface area (Å²) in [6.45, 7) is 0.971. The number of hydrogen-bond acceptors (Lipinski definition) is 3. The van der Waals surface area contributed by atoms with Gasteiger partial charge in [-0.15, -0.1) is 0 Å². The van der Waals surface area contributed by atoms with Crippen molar-refractivity contribution in [3.8, 4) is 0 Å². The summed E-state index contributed by atoms with van der Waals surface area (Å²) in [7, 11) is 3.56. The van der Waals surface area contributed by atoms with Crippen LogP contribution < -0.4 is 5.32 Å². The van der Waals surface area contributed by atoms with Crippen LogP contribution in [0, 0.1) is 5.82 Å². The first kappa shape index (κ1) is 14.5. The highest BCUT2D eigenvalue weighted by molar-refractivity contribution is 5.90. The molecule has 0 aromatic heterocycles. The first-order chi connectivity index (χ1) is 9.50. The highest BCUT2D eigenvalue weighted by atomic mass is 19.1. The molecule has 1 aromatic rings. The summed E-state index contributed by atoms with van der Waals surface area (Å²) >= 11 is 0. The van der Waals surface area contributed by atoms with Crippen LogP contribution in [0.15, 0.2) is 24.3 Å². The number of carbonyl (C=O) groups is 2. The van der Waals surface area contributed by atoms with E-state index in [1.807, 2.05) is 0 Å². The van der Waals surface area contributed by atoms with Crippen LogP contribution in [-0.2, 0) is 9.59 Å². The van der Waals surface area contributed by atoms with Gasteiger partial charge in [0, 0.05) is 18.7 Å². The zero-order valence-electron chi connectivity index (χ0n) is 11.6. The summed E-state index contributed by atoms with van der Waals surface area (Å²) in [5, 5.41) is 2.68. The lowest BCUT2D eigenvalue weighted by molar-refractivity contribution is -0.144. The van der Waals surface area contributed by atoms with E-state index in [1.54, 1.807) is 37.2 Å². The normalized spacial score (nSPS) is 19.1. The second-order valence-electron chi connectivity index (χ2n) is 5.04. The van der Waals surface area contributed by atoms with Crippen molar-refractivity contribution < 1.29 is 14.0 Å². The van der Waals surface area contributed by atoms with Crippen LogP contribution in [0.4, 0.5) is 4.39 Å². The van der Waals surface area contributed by atoms with Crippen molar-refractivity contribution in [2.75, 3.05) is 33.7 Å². The predicted molar refractivity (Wildman–Crippen MR) is 72.4 cm³/mol. The molecule has 20 heavy (non-hydrogen) atoms. The summed E-state index contributed by atoms with van der Waals surface area (Å²) in [6, 6.07) is 5.17. The molecule has 1 fully saturated rings. The number of hydrogen-bond donors (Lipinski definition) is 1. The van der Waals surface area contributed by atoms with Gasteiger partial charge in [0.25, 0.3) is 0 Å². The molecule has 1 saturated heterocycles. The molecule has 1 heterocycles. The van der Waals surface area contributed by atoms with Crippen molar-refractivity contribution in [1.29, 1.82) is 0 Å². The molecule has 0 aliphatic carbocycles. The number of benzene rings is 1. The Hall–Kier alpha value is -1.95. The third-order valence-electron chi connectivity index (χ3n) is 3.18. The maximum atomic E-state index is 13.9. The van der Waals surface area contributed by atoms with Crippen LogP contribution in [0.3, 0.4) is 0 Å². The number of piperazine rings is 1. The summed E-state index contributed by atoms with van der Waals surface area (Å²) in [5.41, 5.74) is 0.233. The quantitative estimate of drug-likeness (QED) is 0.870. The van der Waals surface area contributed by atoms with Crippen molar-refractivity contribution in [2.24, 2.45) is 0 Å². The van der Waals surface area contributed by atoms with E-state index in [0.29, 0.717) is 13.1 Å².